The molecular formula is C27H34N4O5S. The van der Waals surface area contributed by atoms with E-state index in [9.17, 15) is 23.3 Å². The molecule has 37 heavy (non-hydrogen) atoms. The molecule has 0 aromatic heterocycles. The van der Waals surface area contributed by atoms with Crippen molar-refractivity contribution in [1.29, 1.82) is 5.26 Å². The molecule has 2 amide bonds. The van der Waals surface area contributed by atoms with Crippen LogP contribution in [-0.2, 0) is 14.8 Å². The minimum atomic E-state index is -3.92. The summed E-state index contributed by atoms with van der Waals surface area (Å²) >= 11 is 0. The van der Waals surface area contributed by atoms with Crippen LogP contribution in [0.5, 0.6) is 0 Å². The number of hydrogen-bond donors (Lipinski definition) is 2. The second-order valence-corrected chi connectivity index (χ2v) is 12.0. The summed E-state index contributed by atoms with van der Waals surface area (Å²) in [4.78, 5) is 26.5. The maximum atomic E-state index is 13.1. The summed E-state index contributed by atoms with van der Waals surface area (Å²) in [6.07, 6.45) is 0.907. The van der Waals surface area contributed by atoms with E-state index < -0.39 is 15.6 Å². The summed E-state index contributed by atoms with van der Waals surface area (Å²) in [5.41, 5.74) is 0.961. The molecule has 0 radical (unpaired) electrons. The summed E-state index contributed by atoms with van der Waals surface area (Å²) in [5, 5.41) is 12.3. The van der Waals surface area contributed by atoms with E-state index in [1.54, 1.807) is 24.0 Å². The topological polar surface area (TPSA) is 129 Å². The van der Waals surface area contributed by atoms with Crippen molar-refractivity contribution in [2.45, 2.75) is 64.0 Å². The third-order valence-corrected chi connectivity index (χ3v) is 7.86. The van der Waals surface area contributed by atoms with Crippen molar-refractivity contribution >= 4 is 27.7 Å². The number of aryl methyl sites for hydroxylation is 1. The number of likely N-dealkylation sites (tertiary alicyclic amines) is 1. The number of sulfonamides is 1. The SMILES string of the molecule is Cc1ccccc1C(=O)Nc1ccc(S(=O)(=O)N[C@H](C)C2CCN(C(=O)OC(C)(C)C)CC2)cc1C#N. The molecule has 0 aliphatic carbocycles. The average Bonchev–Trinajstić information content (AvgIpc) is 2.83. The quantitative estimate of drug-likeness (QED) is 0.573. The first-order valence-electron chi connectivity index (χ1n) is 12.2. The molecule has 9 nitrogen and oxygen atoms in total. The Morgan fingerprint density at radius 3 is 2.38 bits per heavy atom. The highest BCUT2D eigenvalue weighted by atomic mass is 32.2. The fourth-order valence-electron chi connectivity index (χ4n) is 4.23. The van der Waals surface area contributed by atoms with Gasteiger partial charge in [-0.3, -0.25) is 4.79 Å². The molecule has 2 N–H and O–H groups in total. The summed E-state index contributed by atoms with van der Waals surface area (Å²) in [7, 11) is -3.92. The van der Waals surface area contributed by atoms with Gasteiger partial charge in [-0.15, -0.1) is 0 Å². The molecule has 1 atom stereocenters. The molecule has 198 valence electrons. The maximum absolute atomic E-state index is 13.1. The van der Waals surface area contributed by atoms with Crippen molar-refractivity contribution < 1.29 is 22.7 Å². The summed E-state index contributed by atoms with van der Waals surface area (Å²) < 4.78 is 34.3. The number of carbonyl (C=O) groups excluding carboxylic acids is 2. The molecule has 1 aliphatic rings. The highest BCUT2D eigenvalue weighted by molar-refractivity contribution is 7.89. The minimum absolute atomic E-state index is 0.0385. The number of benzene rings is 2. The largest absolute Gasteiger partial charge is 0.444 e. The molecule has 1 heterocycles. The molecule has 2 aromatic rings. The zero-order valence-corrected chi connectivity index (χ0v) is 22.7. The van der Waals surface area contributed by atoms with E-state index in [2.05, 4.69) is 10.0 Å². The lowest BCUT2D eigenvalue weighted by atomic mass is 9.91. The zero-order valence-electron chi connectivity index (χ0n) is 21.9. The lowest BCUT2D eigenvalue weighted by Gasteiger charge is -2.35. The first-order valence-corrected chi connectivity index (χ1v) is 13.7. The smallest absolute Gasteiger partial charge is 0.410 e. The Hall–Kier alpha value is -3.42. The van der Waals surface area contributed by atoms with Crippen LogP contribution in [0.3, 0.4) is 0 Å². The van der Waals surface area contributed by atoms with Crippen molar-refractivity contribution in [3.05, 3.63) is 59.2 Å². The minimum Gasteiger partial charge on any atom is -0.444 e. The van der Waals surface area contributed by atoms with Crippen LogP contribution in [0.2, 0.25) is 0 Å². The molecule has 1 saturated heterocycles. The molecule has 2 aromatic carbocycles. The van der Waals surface area contributed by atoms with E-state index >= 15 is 0 Å². The van der Waals surface area contributed by atoms with Gasteiger partial charge in [0.1, 0.15) is 11.7 Å². The number of hydrogen-bond acceptors (Lipinski definition) is 6. The standard InChI is InChI=1S/C27H34N4O5S/c1-18-8-6-7-9-23(18)25(32)29-24-11-10-22(16-21(24)17-28)37(34,35)30-19(2)20-12-14-31(15-13-20)26(33)36-27(3,4)5/h6-11,16,19-20,30H,12-15H2,1-5H3,(H,29,32)/t19-/m1/s1. The van der Waals surface area contributed by atoms with Crippen molar-refractivity contribution in [3.8, 4) is 6.07 Å². The Balaban J connectivity index is 1.65. The Labute approximate surface area is 218 Å². The van der Waals surface area contributed by atoms with Crippen LogP contribution in [0.25, 0.3) is 0 Å². The molecule has 1 aliphatic heterocycles. The van der Waals surface area contributed by atoms with Crippen LogP contribution in [-0.4, -0.2) is 50.1 Å². The van der Waals surface area contributed by atoms with Crippen LogP contribution in [0.15, 0.2) is 47.4 Å². The number of nitrogens with one attached hydrogen (secondary N) is 2. The summed E-state index contributed by atoms with van der Waals surface area (Å²) in [5.74, 6) is -0.341. The molecule has 0 saturated carbocycles. The van der Waals surface area contributed by atoms with E-state index in [1.165, 1.54) is 18.2 Å². The van der Waals surface area contributed by atoms with Gasteiger partial charge in [0, 0.05) is 24.7 Å². The Bertz CT molecular complexity index is 1300. The number of nitrogens with zero attached hydrogens (tertiary/aromatic N) is 2. The van der Waals surface area contributed by atoms with Gasteiger partial charge in [-0.25, -0.2) is 17.9 Å². The van der Waals surface area contributed by atoms with E-state index in [4.69, 9.17) is 4.74 Å². The van der Waals surface area contributed by atoms with Crippen LogP contribution < -0.4 is 10.0 Å². The zero-order chi connectivity index (χ0) is 27.4. The van der Waals surface area contributed by atoms with Crippen molar-refractivity contribution in [3.63, 3.8) is 0 Å². The first kappa shape index (κ1) is 28.2. The predicted molar refractivity (Wildman–Crippen MR) is 141 cm³/mol. The van der Waals surface area contributed by atoms with Gasteiger partial charge in [0.2, 0.25) is 10.0 Å². The molecule has 10 heteroatoms. The number of rotatable bonds is 6. The highest BCUT2D eigenvalue weighted by Crippen LogP contribution is 2.25. The van der Waals surface area contributed by atoms with Gasteiger partial charge in [-0.2, -0.15) is 5.26 Å². The van der Waals surface area contributed by atoms with Crippen LogP contribution >= 0.6 is 0 Å². The van der Waals surface area contributed by atoms with Crippen molar-refractivity contribution in [1.82, 2.24) is 9.62 Å². The van der Waals surface area contributed by atoms with Gasteiger partial charge in [-0.1, -0.05) is 18.2 Å². The maximum Gasteiger partial charge on any atom is 0.410 e. The Kier molecular flexibility index (Phi) is 8.61. The van der Waals surface area contributed by atoms with Gasteiger partial charge >= 0.3 is 6.09 Å². The second-order valence-electron chi connectivity index (χ2n) is 10.3. The number of anilines is 1. The molecule has 0 unspecified atom stereocenters. The molecule has 1 fully saturated rings. The predicted octanol–water partition coefficient (Wildman–Crippen LogP) is 4.43. The number of carbonyl (C=O) groups is 2. The fraction of sp³-hybridized carbons (Fsp3) is 0.444. The molecule has 0 bridgehead atoms. The molecule has 3 rings (SSSR count). The monoisotopic (exact) mass is 526 g/mol. The van der Waals surface area contributed by atoms with E-state index in [0.29, 0.717) is 31.5 Å². The van der Waals surface area contributed by atoms with E-state index in [0.717, 1.165) is 5.56 Å². The second kappa shape index (κ2) is 11.3. The van der Waals surface area contributed by atoms with E-state index in [-0.39, 0.29) is 40.1 Å². The number of ether oxygens (including phenoxy) is 1. The van der Waals surface area contributed by atoms with Gasteiger partial charge in [0.15, 0.2) is 0 Å². The van der Waals surface area contributed by atoms with Crippen LogP contribution in [0.4, 0.5) is 10.5 Å². The van der Waals surface area contributed by atoms with Crippen molar-refractivity contribution in [2.75, 3.05) is 18.4 Å². The van der Waals surface area contributed by atoms with Crippen molar-refractivity contribution in [2.24, 2.45) is 5.92 Å². The van der Waals surface area contributed by atoms with Gasteiger partial charge < -0.3 is 15.0 Å². The molecule has 0 spiro atoms. The lowest BCUT2D eigenvalue weighted by molar-refractivity contribution is 0.0174. The average molecular weight is 527 g/mol. The highest BCUT2D eigenvalue weighted by Gasteiger charge is 2.31. The van der Waals surface area contributed by atoms with Gasteiger partial charge in [0.25, 0.3) is 5.91 Å². The Morgan fingerprint density at radius 2 is 1.78 bits per heavy atom. The normalized spacial score (nSPS) is 15.5. The summed E-state index contributed by atoms with van der Waals surface area (Å²) in [6.45, 7) is 10.0. The third-order valence-electron chi connectivity index (χ3n) is 6.30. The van der Waals surface area contributed by atoms with E-state index in [1.807, 2.05) is 45.9 Å². The fourth-order valence-corrected chi connectivity index (χ4v) is 5.57. The van der Waals surface area contributed by atoms with Gasteiger partial charge in [0.05, 0.1) is 16.1 Å². The number of piperidine rings is 1. The van der Waals surface area contributed by atoms with Crippen LogP contribution in [0, 0.1) is 24.2 Å². The van der Waals surface area contributed by atoms with Gasteiger partial charge in [-0.05, 0) is 83.2 Å². The Morgan fingerprint density at radius 1 is 1.14 bits per heavy atom. The first-order chi connectivity index (χ1) is 17.3. The summed E-state index contributed by atoms with van der Waals surface area (Å²) in [6, 6.07) is 12.7. The number of nitriles is 1. The lowest BCUT2D eigenvalue weighted by Crippen LogP contribution is -2.46. The molecular weight excluding hydrogens is 492 g/mol. The van der Waals surface area contributed by atoms with Crippen LogP contribution in [0.1, 0.15) is 62.0 Å². The third kappa shape index (κ3) is 7.31. The number of amides is 2.